The Balaban J connectivity index is 1.62. The van der Waals surface area contributed by atoms with Crippen molar-refractivity contribution in [1.82, 2.24) is 4.98 Å². The molecule has 7 nitrogen and oxygen atoms in total. The molecular formula is C19H16ClN3O4S2. The highest BCUT2D eigenvalue weighted by atomic mass is 35.5. The predicted molar refractivity (Wildman–Crippen MR) is 116 cm³/mol. The zero-order valence-corrected chi connectivity index (χ0v) is 17.6. The number of rotatable bonds is 8. The fourth-order valence-electron chi connectivity index (χ4n) is 2.42. The first-order chi connectivity index (χ1) is 14.0. The summed E-state index contributed by atoms with van der Waals surface area (Å²) in [4.78, 5) is 27.5. The Labute approximate surface area is 180 Å². The Morgan fingerprint density at radius 2 is 2.07 bits per heavy atom. The summed E-state index contributed by atoms with van der Waals surface area (Å²) in [7, 11) is 0. The summed E-state index contributed by atoms with van der Waals surface area (Å²) in [6.07, 6.45) is 0. The van der Waals surface area contributed by atoms with Gasteiger partial charge in [-0.15, -0.1) is 11.3 Å². The lowest BCUT2D eigenvalue weighted by Gasteiger charge is -2.08. The smallest absolute Gasteiger partial charge is 0.296 e. The zero-order chi connectivity index (χ0) is 20.8. The minimum atomic E-state index is -0.551. The largest absolute Gasteiger partial charge is 0.494 e. The number of thiazole rings is 1. The lowest BCUT2D eigenvalue weighted by molar-refractivity contribution is -0.384. The highest BCUT2D eigenvalue weighted by molar-refractivity contribution is 8.01. The molecule has 1 aromatic heterocycles. The molecule has 29 heavy (non-hydrogen) atoms. The molecule has 3 rings (SSSR count). The molecule has 10 heteroatoms. The Morgan fingerprint density at radius 1 is 1.31 bits per heavy atom. The van der Waals surface area contributed by atoms with Gasteiger partial charge in [-0.2, -0.15) is 0 Å². The van der Waals surface area contributed by atoms with E-state index in [0.29, 0.717) is 17.4 Å². The maximum Gasteiger partial charge on any atom is 0.296 e. The van der Waals surface area contributed by atoms with Crippen molar-refractivity contribution in [2.45, 2.75) is 11.3 Å². The van der Waals surface area contributed by atoms with Crippen molar-refractivity contribution in [2.24, 2.45) is 0 Å². The van der Waals surface area contributed by atoms with Crippen LogP contribution in [0.1, 0.15) is 6.92 Å². The number of benzene rings is 2. The van der Waals surface area contributed by atoms with Gasteiger partial charge in [0.05, 0.1) is 29.0 Å². The van der Waals surface area contributed by atoms with Gasteiger partial charge in [-0.3, -0.25) is 14.9 Å². The van der Waals surface area contributed by atoms with Crippen molar-refractivity contribution < 1.29 is 14.5 Å². The molecule has 3 aromatic rings. The minimum absolute atomic E-state index is 0.0813. The number of thioether (sulfide) groups is 1. The van der Waals surface area contributed by atoms with Crippen LogP contribution in [0.5, 0.6) is 5.75 Å². The van der Waals surface area contributed by atoms with Crippen molar-refractivity contribution in [3.63, 3.8) is 0 Å². The Morgan fingerprint density at radius 3 is 2.76 bits per heavy atom. The summed E-state index contributed by atoms with van der Waals surface area (Å²) in [5.74, 6) is 0.104. The van der Waals surface area contributed by atoms with E-state index < -0.39 is 4.92 Å². The second-order valence-corrected chi connectivity index (χ2v) is 8.23. The summed E-state index contributed by atoms with van der Waals surface area (Å²) >= 11 is 8.59. The fourth-order valence-corrected chi connectivity index (χ4v) is 4.18. The van der Waals surface area contributed by atoms with E-state index in [1.165, 1.54) is 35.2 Å². The zero-order valence-electron chi connectivity index (χ0n) is 15.3. The molecule has 0 saturated carbocycles. The summed E-state index contributed by atoms with van der Waals surface area (Å²) in [5.41, 5.74) is 1.65. The van der Waals surface area contributed by atoms with Gasteiger partial charge < -0.3 is 10.1 Å². The van der Waals surface area contributed by atoms with Crippen LogP contribution in [-0.2, 0) is 4.79 Å². The van der Waals surface area contributed by atoms with E-state index in [1.807, 2.05) is 17.5 Å². The number of carbonyl (C=O) groups excluding carboxylic acids is 1. The summed E-state index contributed by atoms with van der Waals surface area (Å²) in [5, 5.41) is 16.4. The number of carbonyl (C=O) groups is 1. The molecule has 0 radical (unpaired) electrons. The highest BCUT2D eigenvalue weighted by Crippen LogP contribution is 2.31. The maximum absolute atomic E-state index is 12.3. The standard InChI is InChI=1S/C19H16ClN3O4S2/c1-2-27-14-7-8-15(17(9-14)23(25)26)21-18(24)11-29-19-22-16(10-28-19)12-3-5-13(20)6-4-12/h3-10H,2,11H2,1H3,(H,21,24). The van der Waals surface area contributed by atoms with E-state index in [0.717, 1.165) is 15.6 Å². The molecule has 0 aliphatic heterocycles. The molecule has 0 atom stereocenters. The van der Waals surface area contributed by atoms with E-state index in [2.05, 4.69) is 10.3 Å². The van der Waals surface area contributed by atoms with Gasteiger partial charge in [-0.1, -0.05) is 35.5 Å². The van der Waals surface area contributed by atoms with Crippen LogP contribution in [0.25, 0.3) is 11.3 Å². The van der Waals surface area contributed by atoms with Gasteiger partial charge in [-0.05, 0) is 31.2 Å². The Kier molecular flexibility index (Phi) is 7.08. The second kappa shape index (κ2) is 9.73. The molecule has 0 bridgehead atoms. The van der Waals surface area contributed by atoms with Crippen LogP contribution in [0.2, 0.25) is 5.02 Å². The number of nitro groups is 1. The number of aromatic nitrogens is 1. The Hall–Kier alpha value is -2.62. The summed E-state index contributed by atoms with van der Waals surface area (Å²) in [6, 6.07) is 11.7. The lowest BCUT2D eigenvalue weighted by atomic mass is 10.2. The van der Waals surface area contributed by atoms with E-state index >= 15 is 0 Å². The third-order valence-corrected chi connectivity index (χ3v) is 5.97. The molecule has 0 unspecified atom stereocenters. The van der Waals surface area contributed by atoms with Crippen molar-refractivity contribution >= 4 is 52.0 Å². The fraction of sp³-hybridized carbons (Fsp3) is 0.158. The van der Waals surface area contributed by atoms with Crippen LogP contribution < -0.4 is 10.1 Å². The quantitative estimate of drug-likeness (QED) is 0.277. The van der Waals surface area contributed by atoms with Crippen molar-refractivity contribution in [2.75, 3.05) is 17.7 Å². The first-order valence-electron chi connectivity index (χ1n) is 8.51. The van der Waals surface area contributed by atoms with Gasteiger partial charge >= 0.3 is 0 Å². The lowest BCUT2D eigenvalue weighted by Crippen LogP contribution is -2.15. The Bertz CT molecular complexity index is 1020. The number of anilines is 1. The molecule has 0 fully saturated rings. The van der Waals surface area contributed by atoms with Gasteiger partial charge in [0.15, 0.2) is 4.34 Å². The second-order valence-electron chi connectivity index (χ2n) is 5.71. The van der Waals surface area contributed by atoms with E-state index in [1.54, 1.807) is 25.1 Å². The average Bonchev–Trinajstić information content (AvgIpc) is 3.17. The van der Waals surface area contributed by atoms with E-state index in [-0.39, 0.29) is 23.0 Å². The first kappa shape index (κ1) is 21.1. The molecule has 1 heterocycles. The molecular weight excluding hydrogens is 434 g/mol. The van der Waals surface area contributed by atoms with Crippen LogP contribution in [-0.4, -0.2) is 28.2 Å². The average molecular weight is 450 g/mol. The van der Waals surface area contributed by atoms with Gasteiger partial charge in [0.25, 0.3) is 5.69 Å². The summed E-state index contributed by atoms with van der Waals surface area (Å²) in [6.45, 7) is 2.18. The predicted octanol–water partition coefficient (Wildman–Crippen LogP) is 5.50. The number of nitrogens with zero attached hydrogens (tertiary/aromatic N) is 2. The van der Waals surface area contributed by atoms with Crippen LogP contribution >= 0.6 is 34.7 Å². The van der Waals surface area contributed by atoms with E-state index in [4.69, 9.17) is 16.3 Å². The summed E-state index contributed by atoms with van der Waals surface area (Å²) < 4.78 is 6.00. The molecule has 0 aliphatic rings. The monoisotopic (exact) mass is 449 g/mol. The normalized spacial score (nSPS) is 10.6. The number of ether oxygens (including phenoxy) is 1. The highest BCUT2D eigenvalue weighted by Gasteiger charge is 2.18. The van der Waals surface area contributed by atoms with Gasteiger partial charge in [0, 0.05) is 16.0 Å². The van der Waals surface area contributed by atoms with Crippen LogP contribution in [0, 0.1) is 10.1 Å². The van der Waals surface area contributed by atoms with Crippen LogP contribution in [0.4, 0.5) is 11.4 Å². The van der Waals surface area contributed by atoms with Crippen LogP contribution in [0.15, 0.2) is 52.2 Å². The number of halogens is 1. The van der Waals surface area contributed by atoms with Crippen molar-refractivity contribution in [3.05, 3.63) is 63.0 Å². The molecule has 150 valence electrons. The molecule has 0 saturated heterocycles. The van der Waals surface area contributed by atoms with Gasteiger partial charge in [0.1, 0.15) is 11.4 Å². The van der Waals surface area contributed by atoms with Crippen molar-refractivity contribution in [3.8, 4) is 17.0 Å². The molecule has 0 aliphatic carbocycles. The van der Waals surface area contributed by atoms with Gasteiger partial charge in [-0.25, -0.2) is 4.98 Å². The van der Waals surface area contributed by atoms with Crippen LogP contribution in [0.3, 0.4) is 0 Å². The third-order valence-electron chi connectivity index (χ3n) is 3.70. The number of nitrogens with one attached hydrogen (secondary N) is 1. The topological polar surface area (TPSA) is 94.4 Å². The van der Waals surface area contributed by atoms with Crippen molar-refractivity contribution in [1.29, 1.82) is 0 Å². The number of hydrogen-bond acceptors (Lipinski definition) is 7. The molecule has 2 aromatic carbocycles. The number of hydrogen-bond donors (Lipinski definition) is 1. The minimum Gasteiger partial charge on any atom is -0.494 e. The first-order valence-corrected chi connectivity index (χ1v) is 10.8. The third kappa shape index (κ3) is 5.69. The van der Waals surface area contributed by atoms with E-state index in [9.17, 15) is 14.9 Å². The molecule has 0 spiro atoms. The number of nitro benzene ring substituents is 1. The van der Waals surface area contributed by atoms with Gasteiger partial charge in [0.2, 0.25) is 5.91 Å². The maximum atomic E-state index is 12.3. The molecule has 1 N–H and O–H groups in total. The SMILES string of the molecule is CCOc1ccc(NC(=O)CSc2nc(-c3ccc(Cl)cc3)cs2)c([N+](=O)[O-])c1. The number of amides is 1. The molecule has 1 amide bonds.